The molecule has 1 atom stereocenters. The minimum absolute atomic E-state index is 0.109. The molecule has 0 aromatic carbocycles. The summed E-state index contributed by atoms with van der Waals surface area (Å²) in [4.78, 5) is 20.0. The molecule has 6 heteroatoms. The number of carbonyl (C=O) groups excluding carboxylic acids is 1. The van der Waals surface area contributed by atoms with E-state index in [1.165, 1.54) is 4.90 Å². The molecule has 1 aromatic heterocycles. The van der Waals surface area contributed by atoms with E-state index in [1.807, 2.05) is 0 Å². The van der Waals surface area contributed by atoms with E-state index in [0.29, 0.717) is 0 Å². The summed E-state index contributed by atoms with van der Waals surface area (Å²) in [5.41, 5.74) is 0. The Morgan fingerprint density at radius 2 is 2.38 bits per heavy atom. The number of carbonyl (C=O) groups is 1. The van der Waals surface area contributed by atoms with Crippen LogP contribution in [0.1, 0.15) is 6.42 Å². The fraction of sp³-hybridized carbons (Fsp3) is 0.300. The topological polar surface area (TPSA) is 46.1 Å². The number of aromatic nitrogens is 2. The second-order valence-electron chi connectivity index (χ2n) is 3.37. The van der Waals surface area contributed by atoms with Gasteiger partial charge in [-0.25, -0.2) is 9.97 Å². The van der Waals surface area contributed by atoms with Crippen LogP contribution in [0.3, 0.4) is 0 Å². The van der Waals surface area contributed by atoms with Crippen molar-refractivity contribution in [2.45, 2.75) is 6.42 Å². The standard InChI is InChI=1S/C10H7ClFN3O/c1-2-6-3-7(16)15(4-6)10-8(12)9(11)13-5-14-10/h1,5-6H,3-4H2. The van der Waals surface area contributed by atoms with Crippen molar-refractivity contribution in [3.8, 4) is 12.3 Å². The van der Waals surface area contributed by atoms with Crippen LogP contribution < -0.4 is 4.90 Å². The van der Waals surface area contributed by atoms with Gasteiger partial charge in [-0.3, -0.25) is 9.69 Å². The predicted molar refractivity (Wildman–Crippen MR) is 56.3 cm³/mol. The normalized spacial score (nSPS) is 19.9. The fourth-order valence-electron chi connectivity index (χ4n) is 1.55. The minimum Gasteiger partial charge on any atom is -0.293 e. The lowest BCUT2D eigenvalue weighted by Crippen LogP contribution is -2.26. The molecule has 1 aliphatic heterocycles. The first-order valence-corrected chi connectivity index (χ1v) is 4.93. The molecule has 1 saturated heterocycles. The van der Waals surface area contributed by atoms with Gasteiger partial charge in [0, 0.05) is 18.9 Å². The first-order valence-electron chi connectivity index (χ1n) is 4.56. The fourth-order valence-corrected chi connectivity index (χ4v) is 1.68. The van der Waals surface area contributed by atoms with E-state index in [4.69, 9.17) is 18.0 Å². The van der Waals surface area contributed by atoms with E-state index in [9.17, 15) is 9.18 Å². The van der Waals surface area contributed by atoms with E-state index >= 15 is 0 Å². The van der Waals surface area contributed by atoms with Crippen molar-refractivity contribution < 1.29 is 9.18 Å². The summed E-state index contributed by atoms with van der Waals surface area (Å²) in [6.07, 6.45) is 6.54. The first-order chi connectivity index (χ1) is 7.63. The predicted octanol–water partition coefficient (Wildman–Crippen LogP) is 1.26. The highest BCUT2D eigenvalue weighted by Crippen LogP contribution is 2.27. The van der Waals surface area contributed by atoms with E-state index in [2.05, 4.69) is 15.9 Å². The van der Waals surface area contributed by atoms with E-state index in [-0.39, 0.29) is 35.8 Å². The summed E-state index contributed by atoms with van der Waals surface area (Å²) >= 11 is 5.51. The molecule has 0 radical (unpaired) electrons. The SMILES string of the molecule is C#CC1CC(=O)N(c2ncnc(Cl)c2F)C1. The highest BCUT2D eigenvalue weighted by molar-refractivity contribution is 6.29. The van der Waals surface area contributed by atoms with E-state index < -0.39 is 5.82 Å². The lowest BCUT2D eigenvalue weighted by Gasteiger charge is -2.15. The van der Waals surface area contributed by atoms with Gasteiger partial charge in [0.1, 0.15) is 6.33 Å². The molecule has 2 heterocycles. The van der Waals surface area contributed by atoms with Gasteiger partial charge in [-0.15, -0.1) is 12.3 Å². The third-order valence-corrected chi connectivity index (χ3v) is 2.61. The van der Waals surface area contributed by atoms with Crippen molar-refractivity contribution in [2.24, 2.45) is 5.92 Å². The van der Waals surface area contributed by atoms with Gasteiger partial charge in [0.2, 0.25) is 11.7 Å². The average Bonchev–Trinajstić information content (AvgIpc) is 2.64. The molecular weight excluding hydrogens is 233 g/mol. The van der Waals surface area contributed by atoms with Crippen molar-refractivity contribution >= 4 is 23.3 Å². The van der Waals surface area contributed by atoms with Crippen LogP contribution in [-0.4, -0.2) is 22.4 Å². The summed E-state index contributed by atoms with van der Waals surface area (Å²) in [5.74, 6) is 1.10. The number of anilines is 1. The zero-order valence-electron chi connectivity index (χ0n) is 8.15. The summed E-state index contributed by atoms with van der Waals surface area (Å²) < 4.78 is 13.6. The van der Waals surface area contributed by atoms with Crippen LogP contribution in [0, 0.1) is 24.1 Å². The Labute approximate surface area is 96.4 Å². The Kier molecular flexibility index (Phi) is 2.75. The molecule has 0 saturated carbocycles. The van der Waals surface area contributed by atoms with Crippen LogP contribution in [0.5, 0.6) is 0 Å². The molecule has 1 aromatic rings. The van der Waals surface area contributed by atoms with Gasteiger partial charge in [-0.05, 0) is 0 Å². The molecule has 0 spiro atoms. The molecular formula is C10H7ClFN3O. The summed E-state index contributed by atoms with van der Waals surface area (Å²) in [6, 6.07) is 0. The Balaban J connectivity index is 2.36. The van der Waals surface area contributed by atoms with Crippen LogP contribution in [0.15, 0.2) is 6.33 Å². The van der Waals surface area contributed by atoms with E-state index in [0.717, 1.165) is 6.33 Å². The molecule has 82 valence electrons. The lowest BCUT2D eigenvalue weighted by atomic mass is 10.1. The van der Waals surface area contributed by atoms with Crippen molar-refractivity contribution in [1.82, 2.24) is 9.97 Å². The summed E-state index contributed by atoms with van der Waals surface area (Å²) in [5, 5.41) is -0.304. The summed E-state index contributed by atoms with van der Waals surface area (Å²) in [6.45, 7) is 0.263. The molecule has 1 amide bonds. The summed E-state index contributed by atoms with van der Waals surface area (Å²) in [7, 11) is 0. The maximum Gasteiger partial charge on any atom is 0.229 e. The molecule has 2 rings (SSSR count). The van der Waals surface area contributed by atoms with Crippen molar-refractivity contribution in [2.75, 3.05) is 11.4 Å². The molecule has 0 aliphatic carbocycles. The van der Waals surface area contributed by atoms with Crippen LogP contribution >= 0.6 is 11.6 Å². The zero-order valence-corrected chi connectivity index (χ0v) is 8.91. The number of hydrogen-bond acceptors (Lipinski definition) is 3. The number of amides is 1. The van der Waals surface area contributed by atoms with Crippen molar-refractivity contribution in [3.05, 3.63) is 17.3 Å². The molecule has 1 unspecified atom stereocenters. The van der Waals surface area contributed by atoms with Gasteiger partial charge in [-0.2, -0.15) is 4.39 Å². The Morgan fingerprint density at radius 1 is 1.62 bits per heavy atom. The molecule has 0 bridgehead atoms. The largest absolute Gasteiger partial charge is 0.293 e. The lowest BCUT2D eigenvalue weighted by molar-refractivity contribution is -0.117. The van der Waals surface area contributed by atoms with Gasteiger partial charge >= 0.3 is 0 Å². The van der Waals surface area contributed by atoms with Crippen molar-refractivity contribution in [3.63, 3.8) is 0 Å². The van der Waals surface area contributed by atoms with Crippen LogP contribution in [-0.2, 0) is 4.79 Å². The van der Waals surface area contributed by atoms with Gasteiger partial charge in [0.25, 0.3) is 0 Å². The second kappa shape index (κ2) is 4.06. The van der Waals surface area contributed by atoms with Gasteiger partial charge < -0.3 is 0 Å². The monoisotopic (exact) mass is 239 g/mol. The quantitative estimate of drug-likeness (QED) is 0.547. The van der Waals surface area contributed by atoms with Gasteiger partial charge in [-0.1, -0.05) is 11.6 Å². The van der Waals surface area contributed by atoms with Crippen LogP contribution in [0.4, 0.5) is 10.2 Å². The number of terminal acetylenes is 1. The van der Waals surface area contributed by atoms with Crippen LogP contribution in [0.2, 0.25) is 5.15 Å². The number of rotatable bonds is 1. The maximum absolute atomic E-state index is 13.6. The Morgan fingerprint density at radius 3 is 3.00 bits per heavy atom. The number of nitrogens with zero attached hydrogens (tertiary/aromatic N) is 3. The molecule has 0 N–H and O–H groups in total. The van der Waals surface area contributed by atoms with Gasteiger partial charge in [0.15, 0.2) is 11.0 Å². The Bertz CT molecular complexity index is 485. The average molecular weight is 240 g/mol. The second-order valence-corrected chi connectivity index (χ2v) is 3.73. The zero-order chi connectivity index (χ0) is 11.7. The molecule has 4 nitrogen and oxygen atoms in total. The van der Waals surface area contributed by atoms with Gasteiger partial charge in [0.05, 0.1) is 0 Å². The van der Waals surface area contributed by atoms with Crippen LogP contribution in [0.25, 0.3) is 0 Å². The molecule has 1 aliphatic rings. The van der Waals surface area contributed by atoms with E-state index in [1.54, 1.807) is 0 Å². The first kappa shape index (κ1) is 10.8. The third-order valence-electron chi connectivity index (χ3n) is 2.34. The maximum atomic E-state index is 13.6. The highest BCUT2D eigenvalue weighted by Gasteiger charge is 2.32. The highest BCUT2D eigenvalue weighted by atomic mass is 35.5. The molecule has 1 fully saturated rings. The Hall–Kier alpha value is -1.67. The minimum atomic E-state index is -0.796. The third kappa shape index (κ3) is 1.72. The molecule has 16 heavy (non-hydrogen) atoms. The smallest absolute Gasteiger partial charge is 0.229 e. The number of halogens is 2. The number of hydrogen-bond donors (Lipinski definition) is 0. The van der Waals surface area contributed by atoms with Crippen molar-refractivity contribution in [1.29, 1.82) is 0 Å².